The molecule has 27 heavy (non-hydrogen) atoms. The Labute approximate surface area is 160 Å². The molecular weight excluding hydrogens is 349 g/mol. The molecule has 1 aromatic rings. The normalized spacial score (nSPS) is 25.0. The van der Waals surface area contributed by atoms with Crippen LogP contribution in [-0.2, 0) is 11.3 Å². The van der Waals surface area contributed by atoms with Crippen LogP contribution >= 0.6 is 0 Å². The fourth-order valence-corrected chi connectivity index (χ4v) is 4.12. The second-order valence-corrected chi connectivity index (χ2v) is 7.77. The monoisotopic (exact) mass is 379 g/mol. The van der Waals surface area contributed by atoms with Crippen LogP contribution < -0.4 is 10.5 Å². The number of benzene rings is 1. The average molecular weight is 379 g/mol. The van der Waals surface area contributed by atoms with Crippen LogP contribution in [0.2, 0.25) is 0 Å². The lowest BCUT2D eigenvalue weighted by molar-refractivity contribution is -0.160. The molecule has 6 nitrogen and oxygen atoms in total. The Kier molecular flexibility index (Phi) is 6.34. The highest BCUT2D eigenvalue weighted by molar-refractivity contribution is 5.86. The van der Waals surface area contributed by atoms with Gasteiger partial charge in [-0.1, -0.05) is 0 Å². The van der Waals surface area contributed by atoms with Gasteiger partial charge in [0, 0.05) is 25.2 Å². The van der Waals surface area contributed by atoms with Gasteiger partial charge in [0.2, 0.25) is 0 Å². The van der Waals surface area contributed by atoms with Crippen LogP contribution in [0.15, 0.2) is 18.2 Å². The van der Waals surface area contributed by atoms with Gasteiger partial charge < -0.3 is 20.5 Å². The standard InChI is InChI=1S/C20H30FN3O3/c1-27-17-3-4-18(21)16(11-17)13-24-8-2-7-20(26,19(24)25)14-23-9-5-15(12-22)6-10-23/h3-4,11,15,26H,2,5-10,12-14,22H2,1H3. The van der Waals surface area contributed by atoms with E-state index < -0.39 is 5.60 Å². The van der Waals surface area contributed by atoms with Crippen LogP contribution in [0.25, 0.3) is 0 Å². The molecule has 1 aromatic carbocycles. The van der Waals surface area contributed by atoms with E-state index in [0.29, 0.717) is 49.7 Å². The molecule has 2 aliphatic heterocycles. The van der Waals surface area contributed by atoms with Crippen molar-refractivity contribution in [3.8, 4) is 5.75 Å². The van der Waals surface area contributed by atoms with Crippen LogP contribution in [0.3, 0.4) is 0 Å². The number of likely N-dealkylation sites (tertiary alicyclic amines) is 2. The van der Waals surface area contributed by atoms with Crippen molar-refractivity contribution in [2.45, 2.75) is 37.8 Å². The number of hydrogen-bond acceptors (Lipinski definition) is 5. The molecule has 2 saturated heterocycles. The number of aliphatic hydroxyl groups is 1. The van der Waals surface area contributed by atoms with E-state index in [1.165, 1.54) is 13.2 Å². The Balaban J connectivity index is 1.66. The molecule has 0 radical (unpaired) electrons. The molecule has 0 aromatic heterocycles. The van der Waals surface area contributed by atoms with Crippen molar-refractivity contribution in [1.82, 2.24) is 9.80 Å². The highest BCUT2D eigenvalue weighted by atomic mass is 19.1. The molecule has 1 unspecified atom stereocenters. The Bertz CT molecular complexity index is 664. The summed E-state index contributed by atoms with van der Waals surface area (Å²) >= 11 is 0. The third-order valence-corrected chi connectivity index (χ3v) is 5.84. The summed E-state index contributed by atoms with van der Waals surface area (Å²) in [5, 5.41) is 11.1. The lowest BCUT2D eigenvalue weighted by Gasteiger charge is -2.42. The van der Waals surface area contributed by atoms with Gasteiger partial charge in [0.25, 0.3) is 5.91 Å². The fourth-order valence-electron chi connectivity index (χ4n) is 4.12. The molecule has 3 rings (SSSR count). The SMILES string of the molecule is COc1ccc(F)c(CN2CCCC(O)(CN3CCC(CN)CC3)C2=O)c1. The molecule has 3 N–H and O–H groups in total. The van der Waals surface area contributed by atoms with Crippen molar-refractivity contribution in [2.24, 2.45) is 11.7 Å². The molecule has 1 atom stereocenters. The quantitative estimate of drug-likeness (QED) is 0.780. The molecule has 7 heteroatoms. The van der Waals surface area contributed by atoms with Crippen molar-refractivity contribution in [1.29, 1.82) is 0 Å². The van der Waals surface area contributed by atoms with Gasteiger partial charge in [-0.15, -0.1) is 0 Å². The predicted molar refractivity (Wildman–Crippen MR) is 101 cm³/mol. The van der Waals surface area contributed by atoms with E-state index in [9.17, 15) is 14.3 Å². The fraction of sp³-hybridized carbons (Fsp3) is 0.650. The van der Waals surface area contributed by atoms with Crippen LogP contribution in [-0.4, -0.2) is 66.2 Å². The topological polar surface area (TPSA) is 79.0 Å². The van der Waals surface area contributed by atoms with E-state index >= 15 is 0 Å². The minimum absolute atomic E-state index is 0.138. The molecular formula is C20H30FN3O3. The maximum atomic E-state index is 14.1. The largest absolute Gasteiger partial charge is 0.497 e. The third kappa shape index (κ3) is 4.59. The lowest BCUT2D eigenvalue weighted by atomic mass is 9.89. The molecule has 0 spiro atoms. The van der Waals surface area contributed by atoms with E-state index in [1.807, 2.05) is 0 Å². The smallest absolute Gasteiger partial charge is 0.256 e. The minimum atomic E-state index is -1.40. The number of carbonyl (C=O) groups excluding carboxylic acids is 1. The zero-order valence-corrected chi connectivity index (χ0v) is 16.0. The van der Waals surface area contributed by atoms with Crippen molar-refractivity contribution < 1.29 is 19.0 Å². The molecule has 2 aliphatic rings. The number of ether oxygens (including phenoxy) is 1. The van der Waals surface area contributed by atoms with Crippen molar-refractivity contribution >= 4 is 5.91 Å². The highest BCUT2D eigenvalue weighted by Gasteiger charge is 2.43. The molecule has 150 valence electrons. The number of rotatable bonds is 6. The van der Waals surface area contributed by atoms with Gasteiger partial charge >= 0.3 is 0 Å². The number of carbonyl (C=O) groups is 1. The number of nitrogens with two attached hydrogens (primary N) is 1. The van der Waals surface area contributed by atoms with Crippen molar-refractivity contribution in [2.75, 3.05) is 39.8 Å². The summed E-state index contributed by atoms with van der Waals surface area (Å²) in [6, 6.07) is 4.50. The summed E-state index contributed by atoms with van der Waals surface area (Å²) < 4.78 is 19.3. The van der Waals surface area contributed by atoms with Gasteiger partial charge in [0.05, 0.1) is 7.11 Å². The lowest BCUT2D eigenvalue weighted by Crippen LogP contribution is -2.59. The van der Waals surface area contributed by atoms with Gasteiger partial charge in [-0.05, 0) is 69.4 Å². The number of amides is 1. The summed E-state index contributed by atoms with van der Waals surface area (Å²) in [5.41, 5.74) is 4.74. The summed E-state index contributed by atoms with van der Waals surface area (Å²) in [5.74, 6) is 0.401. The second kappa shape index (κ2) is 8.54. The number of piperidine rings is 2. The number of β-amino-alcohol motifs (C(OH)–C–C–N with tert-alkyl or cyclic N) is 1. The van der Waals surface area contributed by atoms with E-state index in [4.69, 9.17) is 10.5 Å². The average Bonchev–Trinajstić information content (AvgIpc) is 2.68. The minimum Gasteiger partial charge on any atom is -0.497 e. The zero-order valence-electron chi connectivity index (χ0n) is 16.0. The first-order valence-corrected chi connectivity index (χ1v) is 9.72. The van der Waals surface area contributed by atoms with E-state index in [0.717, 1.165) is 25.9 Å². The van der Waals surface area contributed by atoms with Crippen molar-refractivity contribution in [3.63, 3.8) is 0 Å². The Morgan fingerprint density at radius 2 is 2.07 bits per heavy atom. The summed E-state index contributed by atoms with van der Waals surface area (Å²) in [6.07, 6.45) is 3.14. The molecule has 0 bridgehead atoms. The van der Waals surface area contributed by atoms with Gasteiger partial charge in [-0.2, -0.15) is 0 Å². The van der Waals surface area contributed by atoms with Crippen LogP contribution in [0.5, 0.6) is 5.75 Å². The first-order chi connectivity index (χ1) is 12.9. The second-order valence-electron chi connectivity index (χ2n) is 7.77. The van der Waals surface area contributed by atoms with Gasteiger partial charge in [0.1, 0.15) is 11.6 Å². The molecule has 1 amide bonds. The van der Waals surface area contributed by atoms with Crippen LogP contribution in [0.1, 0.15) is 31.2 Å². The Morgan fingerprint density at radius 3 is 2.74 bits per heavy atom. The van der Waals surface area contributed by atoms with Gasteiger partial charge in [-0.3, -0.25) is 9.69 Å². The number of halogens is 1. The molecule has 2 fully saturated rings. The first kappa shape index (κ1) is 20.0. The molecule has 0 aliphatic carbocycles. The van der Waals surface area contributed by atoms with E-state index in [2.05, 4.69) is 4.90 Å². The first-order valence-electron chi connectivity index (χ1n) is 9.72. The van der Waals surface area contributed by atoms with Crippen LogP contribution in [0.4, 0.5) is 4.39 Å². The number of hydrogen-bond donors (Lipinski definition) is 2. The van der Waals surface area contributed by atoms with Crippen molar-refractivity contribution in [3.05, 3.63) is 29.6 Å². The Hall–Kier alpha value is -1.70. The summed E-state index contributed by atoms with van der Waals surface area (Å²) in [4.78, 5) is 16.7. The van der Waals surface area contributed by atoms with E-state index in [-0.39, 0.29) is 18.3 Å². The maximum Gasteiger partial charge on any atom is 0.256 e. The zero-order chi connectivity index (χ0) is 19.4. The van der Waals surface area contributed by atoms with E-state index in [1.54, 1.807) is 17.0 Å². The maximum absolute atomic E-state index is 14.1. The van der Waals surface area contributed by atoms with Crippen LogP contribution in [0, 0.1) is 11.7 Å². The Morgan fingerprint density at radius 1 is 1.33 bits per heavy atom. The van der Waals surface area contributed by atoms with Gasteiger partial charge in [-0.25, -0.2) is 4.39 Å². The number of nitrogens with zero attached hydrogens (tertiary/aromatic N) is 2. The summed E-state index contributed by atoms with van der Waals surface area (Å²) in [7, 11) is 1.52. The third-order valence-electron chi connectivity index (χ3n) is 5.84. The molecule has 2 heterocycles. The highest BCUT2D eigenvalue weighted by Crippen LogP contribution is 2.28. The molecule has 0 saturated carbocycles. The predicted octanol–water partition coefficient (Wildman–Crippen LogP) is 1.36. The van der Waals surface area contributed by atoms with Gasteiger partial charge in [0.15, 0.2) is 5.60 Å². The number of methoxy groups -OCH3 is 1. The summed E-state index contributed by atoms with van der Waals surface area (Å²) in [6.45, 7) is 3.38.